The van der Waals surface area contributed by atoms with Crippen molar-refractivity contribution in [2.45, 2.75) is 82.4 Å². The predicted octanol–water partition coefficient (Wildman–Crippen LogP) is 5.55. The Kier molecular flexibility index (Phi) is 16.0. The van der Waals surface area contributed by atoms with Crippen molar-refractivity contribution in [3.63, 3.8) is 0 Å². The molecule has 0 radical (unpaired) electrons. The number of rotatable bonds is 11. The molecule has 0 bridgehead atoms. The zero-order valence-electron chi connectivity index (χ0n) is 14.7. The quantitative estimate of drug-likeness (QED) is 0.219. The van der Waals surface area contributed by atoms with E-state index in [4.69, 9.17) is 4.89 Å². The van der Waals surface area contributed by atoms with Gasteiger partial charge in [-0.05, 0) is 30.5 Å². The van der Waals surface area contributed by atoms with E-state index < -0.39 is 5.69 Å². The Balaban J connectivity index is 0.000000922. The first-order valence-electron chi connectivity index (χ1n) is 8.85. The minimum Gasteiger partial charge on any atom is -0.819 e. The highest BCUT2D eigenvalue weighted by Crippen LogP contribution is 2.23. The lowest BCUT2D eigenvalue weighted by Crippen LogP contribution is -1.91. The zero-order valence-corrected chi connectivity index (χ0v) is 18.1. The second-order valence-electron chi connectivity index (χ2n) is 6.07. The summed E-state index contributed by atoms with van der Waals surface area (Å²) in [5, 5.41) is 0. The highest BCUT2D eigenvalue weighted by Gasteiger charge is 1.95. The Morgan fingerprint density at radius 1 is 0.958 bits per heavy atom. The summed E-state index contributed by atoms with van der Waals surface area (Å²) in [6.45, 7) is 2.28. The van der Waals surface area contributed by atoms with E-state index in [9.17, 15) is 4.89 Å². The van der Waals surface area contributed by atoms with Crippen molar-refractivity contribution in [1.29, 1.82) is 0 Å². The molecular weight excluding hydrogens is 375 g/mol. The van der Waals surface area contributed by atoms with Crippen molar-refractivity contribution in [3.05, 3.63) is 29.8 Å². The Hall–Kier alpha value is 0.490. The number of benzene rings is 1. The molecule has 6 heteroatoms. The maximum absolute atomic E-state index is 9.40. The molecule has 0 amide bonds. The van der Waals surface area contributed by atoms with Gasteiger partial charge in [0.25, 0.3) is 0 Å². The maximum Gasteiger partial charge on any atom is 0.00401 e. The Morgan fingerprint density at radius 2 is 1.33 bits per heavy atom. The number of unbranched alkanes of at least 4 members (excludes halogenated alkanes) is 9. The van der Waals surface area contributed by atoms with Crippen LogP contribution in [0.3, 0.4) is 0 Å². The minimum atomic E-state index is -3.47. The van der Waals surface area contributed by atoms with Crippen LogP contribution in [-0.4, -0.2) is 4.89 Å². The average molecular weight is 407 g/mol. The van der Waals surface area contributed by atoms with E-state index in [2.05, 4.69) is 67.9 Å². The summed E-state index contributed by atoms with van der Waals surface area (Å²) >= 11 is 11.8. The molecule has 1 unspecified atom stereocenters. The van der Waals surface area contributed by atoms with Crippen LogP contribution in [0.25, 0.3) is 0 Å². The van der Waals surface area contributed by atoms with Crippen LogP contribution in [0.5, 0.6) is 0 Å². The van der Waals surface area contributed by atoms with E-state index >= 15 is 0 Å². The summed E-state index contributed by atoms with van der Waals surface area (Å²) in [6.07, 6.45) is 15.4. The van der Waals surface area contributed by atoms with Crippen LogP contribution in [0.2, 0.25) is 0 Å². The molecule has 0 fully saturated rings. The second-order valence-corrected chi connectivity index (χ2v) is 11.2. The van der Waals surface area contributed by atoms with Gasteiger partial charge in [-0.3, -0.25) is 0 Å². The van der Waals surface area contributed by atoms with Gasteiger partial charge < -0.3 is 22.0 Å². The lowest BCUT2D eigenvalue weighted by atomic mass is 10.0. The molecule has 1 aromatic carbocycles. The fourth-order valence-corrected chi connectivity index (χ4v) is 2.63. The zero-order chi connectivity index (χ0) is 18.3. The molecule has 1 aromatic rings. The van der Waals surface area contributed by atoms with Crippen molar-refractivity contribution < 1.29 is 9.79 Å². The molecule has 0 aliphatic heterocycles. The molecule has 0 aliphatic carbocycles. The molecule has 0 saturated carbocycles. The van der Waals surface area contributed by atoms with E-state index in [0.717, 1.165) is 4.90 Å². The fourth-order valence-electron chi connectivity index (χ4n) is 2.48. The average Bonchev–Trinajstić information content (AvgIpc) is 2.49. The van der Waals surface area contributed by atoms with Crippen molar-refractivity contribution in [2.24, 2.45) is 0 Å². The van der Waals surface area contributed by atoms with E-state index in [1.165, 1.54) is 76.2 Å². The third-order valence-corrected chi connectivity index (χ3v) is 4.05. The highest BCUT2D eigenvalue weighted by atomic mass is 32.9. The van der Waals surface area contributed by atoms with Crippen molar-refractivity contribution in [1.82, 2.24) is 0 Å². The van der Waals surface area contributed by atoms with Gasteiger partial charge in [0, 0.05) is 4.90 Å². The van der Waals surface area contributed by atoms with Crippen LogP contribution in [0.1, 0.15) is 76.7 Å². The summed E-state index contributed by atoms with van der Waals surface area (Å²) in [7, 11) is 0. The van der Waals surface area contributed by atoms with Gasteiger partial charge in [0.1, 0.15) is 0 Å². The van der Waals surface area contributed by atoms with Gasteiger partial charge in [-0.15, -0.1) is 30.1 Å². The van der Waals surface area contributed by atoms with Crippen LogP contribution in [-0.2, 0) is 30.5 Å². The normalized spacial score (nSPS) is 13.0. The Labute approximate surface area is 164 Å². The maximum atomic E-state index is 9.40. The number of hydrogen-bond acceptors (Lipinski definition) is 4. The topological polar surface area (TPSA) is 43.3 Å². The van der Waals surface area contributed by atoms with Crippen LogP contribution >= 0.6 is 18.3 Å². The number of aryl methyl sites for hydroxylation is 1. The monoisotopic (exact) mass is 406 g/mol. The summed E-state index contributed by atoms with van der Waals surface area (Å²) in [5.74, 6) is 0. The molecular formula is C18H31O2PS3-2. The lowest BCUT2D eigenvalue weighted by molar-refractivity contribution is -0.170. The van der Waals surface area contributed by atoms with E-state index in [1.807, 2.05) is 0 Å². The van der Waals surface area contributed by atoms with Crippen molar-refractivity contribution in [3.8, 4) is 0 Å². The molecule has 1 N–H and O–H groups in total. The predicted molar refractivity (Wildman–Crippen MR) is 113 cm³/mol. The SMILES string of the molecule is CCCCCCCCCCCCc1ccc(S)cc1.[O-]P(O)(=S)[S-]. The van der Waals surface area contributed by atoms with Crippen LogP contribution < -0.4 is 4.89 Å². The molecule has 1 atom stereocenters. The lowest BCUT2D eigenvalue weighted by Gasteiger charge is -2.26. The molecule has 2 nitrogen and oxygen atoms in total. The van der Waals surface area contributed by atoms with E-state index in [0.29, 0.717) is 0 Å². The van der Waals surface area contributed by atoms with Gasteiger partial charge in [0.05, 0.1) is 0 Å². The van der Waals surface area contributed by atoms with Crippen LogP contribution in [0.15, 0.2) is 29.2 Å². The molecule has 0 heterocycles. The first-order valence-corrected chi connectivity index (χ1v) is 13.0. The fraction of sp³-hybridized carbons (Fsp3) is 0.667. The Bertz CT molecular complexity index is 438. The molecule has 0 saturated heterocycles. The molecule has 0 aliphatic rings. The number of hydrogen-bond donors (Lipinski definition) is 2. The van der Waals surface area contributed by atoms with Gasteiger partial charge in [-0.1, -0.05) is 76.8 Å². The van der Waals surface area contributed by atoms with E-state index in [1.54, 1.807) is 0 Å². The molecule has 0 aromatic heterocycles. The summed E-state index contributed by atoms with van der Waals surface area (Å²) in [4.78, 5) is 18.2. The highest BCUT2D eigenvalue weighted by molar-refractivity contribution is 8.50. The largest absolute Gasteiger partial charge is 0.819 e. The molecule has 140 valence electrons. The summed E-state index contributed by atoms with van der Waals surface area (Å²) in [6, 6.07) is 8.59. The van der Waals surface area contributed by atoms with Gasteiger partial charge in [0.2, 0.25) is 0 Å². The Morgan fingerprint density at radius 3 is 1.75 bits per heavy atom. The first-order chi connectivity index (χ1) is 11.3. The summed E-state index contributed by atoms with van der Waals surface area (Å²) in [5.41, 5.74) is -2.02. The standard InChI is InChI=1S/C18H30S.H3O2PS2/c1-2-3-4-5-6-7-8-9-10-11-12-17-13-15-18(19)16-14-17;1-3(2,4)5/h13-16,19H,2-12H2,1H3;(H3,1,2,4,5)/p-2. The third kappa shape index (κ3) is 20.5. The van der Waals surface area contributed by atoms with Gasteiger partial charge in [0.15, 0.2) is 0 Å². The smallest absolute Gasteiger partial charge is 0.00401 e. The van der Waals surface area contributed by atoms with E-state index in [-0.39, 0.29) is 0 Å². The third-order valence-electron chi connectivity index (χ3n) is 3.76. The van der Waals surface area contributed by atoms with Crippen molar-refractivity contribution >= 4 is 42.4 Å². The first kappa shape index (κ1) is 24.5. The molecule has 1 rings (SSSR count). The van der Waals surface area contributed by atoms with Crippen LogP contribution in [0.4, 0.5) is 0 Å². The second kappa shape index (κ2) is 15.7. The molecule has 24 heavy (non-hydrogen) atoms. The van der Waals surface area contributed by atoms with Gasteiger partial charge in [-0.25, -0.2) is 0 Å². The summed E-state index contributed by atoms with van der Waals surface area (Å²) < 4.78 is 0. The molecule has 0 spiro atoms. The van der Waals surface area contributed by atoms with Gasteiger partial charge in [-0.2, -0.15) is 0 Å². The van der Waals surface area contributed by atoms with Crippen LogP contribution in [0, 0.1) is 0 Å². The van der Waals surface area contributed by atoms with Gasteiger partial charge >= 0.3 is 0 Å². The number of thiol groups is 1. The van der Waals surface area contributed by atoms with Crippen molar-refractivity contribution in [2.75, 3.05) is 0 Å². The minimum absolute atomic E-state index is 1.06.